The van der Waals surface area contributed by atoms with Gasteiger partial charge in [-0.15, -0.1) is 6.58 Å². The Bertz CT molecular complexity index is 449. The number of esters is 1. The number of ether oxygens (including phenoxy) is 1. The zero-order chi connectivity index (χ0) is 15.2. The van der Waals surface area contributed by atoms with E-state index in [4.69, 9.17) is 9.26 Å². The van der Waals surface area contributed by atoms with Crippen molar-refractivity contribution >= 4 is 5.97 Å². The maximum atomic E-state index is 11.5. The van der Waals surface area contributed by atoms with Crippen LogP contribution in [0.1, 0.15) is 39.4 Å². The van der Waals surface area contributed by atoms with E-state index < -0.39 is 0 Å². The van der Waals surface area contributed by atoms with Crippen molar-refractivity contribution in [3.8, 4) is 0 Å². The minimum absolute atomic E-state index is 0.180. The fourth-order valence-electron chi connectivity index (χ4n) is 1.58. The Morgan fingerprint density at radius 2 is 2.20 bits per heavy atom. The fraction of sp³-hybridized carbons (Fsp3) is 0.643. The lowest BCUT2D eigenvalue weighted by atomic mass is 9.97. The molecule has 0 spiro atoms. The third-order valence-electron chi connectivity index (χ3n) is 2.52. The third-order valence-corrected chi connectivity index (χ3v) is 2.52. The largest absolute Gasteiger partial charge is 0.465 e. The maximum absolute atomic E-state index is 11.5. The smallest absolute Gasteiger partial charge is 0.320 e. The first-order valence-electron chi connectivity index (χ1n) is 6.68. The van der Waals surface area contributed by atoms with Gasteiger partial charge in [-0.2, -0.15) is 4.98 Å². The molecule has 6 heteroatoms. The molecule has 0 fully saturated rings. The van der Waals surface area contributed by atoms with Gasteiger partial charge in [0.25, 0.3) is 0 Å². The number of carbonyl (C=O) groups is 1. The van der Waals surface area contributed by atoms with Crippen LogP contribution in [0.25, 0.3) is 0 Å². The van der Waals surface area contributed by atoms with Crippen LogP contribution in [0, 0.1) is 0 Å². The summed E-state index contributed by atoms with van der Waals surface area (Å²) in [6.07, 6.45) is 1.73. The highest BCUT2D eigenvalue weighted by Crippen LogP contribution is 2.19. The van der Waals surface area contributed by atoms with Crippen LogP contribution in [0.3, 0.4) is 0 Å². The van der Waals surface area contributed by atoms with E-state index >= 15 is 0 Å². The van der Waals surface area contributed by atoms with Crippen molar-refractivity contribution in [3.63, 3.8) is 0 Å². The fourth-order valence-corrected chi connectivity index (χ4v) is 1.58. The number of hydrogen-bond donors (Lipinski definition) is 0. The van der Waals surface area contributed by atoms with Gasteiger partial charge in [-0.1, -0.05) is 32.0 Å². The predicted molar refractivity (Wildman–Crippen MR) is 75.1 cm³/mol. The molecule has 1 aromatic heterocycles. The Morgan fingerprint density at radius 1 is 1.50 bits per heavy atom. The first-order valence-corrected chi connectivity index (χ1v) is 6.68. The van der Waals surface area contributed by atoms with Gasteiger partial charge in [0.2, 0.25) is 5.89 Å². The average molecular weight is 281 g/mol. The Labute approximate surface area is 119 Å². The second-order valence-corrected chi connectivity index (χ2v) is 5.53. The van der Waals surface area contributed by atoms with E-state index in [0.29, 0.717) is 31.4 Å². The van der Waals surface area contributed by atoms with E-state index in [2.05, 4.69) is 16.7 Å². The maximum Gasteiger partial charge on any atom is 0.320 e. The molecule has 1 aromatic rings. The summed E-state index contributed by atoms with van der Waals surface area (Å²) in [6, 6.07) is 0. The van der Waals surface area contributed by atoms with Crippen molar-refractivity contribution in [2.45, 2.75) is 39.7 Å². The predicted octanol–water partition coefficient (Wildman–Crippen LogP) is 1.92. The minimum atomic E-state index is -0.270. The summed E-state index contributed by atoms with van der Waals surface area (Å²) < 4.78 is 10.2. The highest BCUT2D eigenvalue weighted by molar-refractivity contribution is 5.71. The molecule has 0 N–H and O–H groups in total. The zero-order valence-corrected chi connectivity index (χ0v) is 12.7. The summed E-state index contributed by atoms with van der Waals surface area (Å²) >= 11 is 0. The molecule has 0 unspecified atom stereocenters. The molecule has 112 valence electrons. The van der Waals surface area contributed by atoms with Crippen LogP contribution < -0.4 is 0 Å². The van der Waals surface area contributed by atoms with Gasteiger partial charge in [0.1, 0.15) is 0 Å². The summed E-state index contributed by atoms with van der Waals surface area (Å²) in [5, 5.41) is 3.94. The molecule has 0 saturated heterocycles. The lowest BCUT2D eigenvalue weighted by Crippen LogP contribution is -2.31. The Kier molecular flexibility index (Phi) is 5.88. The summed E-state index contributed by atoms with van der Waals surface area (Å²) in [4.78, 5) is 17.7. The van der Waals surface area contributed by atoms with Crippen LogP contribution in [0.15, 0.2) is 17.2 Å². The van der Waals surface area contributed by atoms with Crippen molar-refractivity contribution in [1.29, 1.82) is 0 Å². The molecule has 0 amide bonds. The van der Waals surface area contributed by atoms with Gasteiger partial charge in [-0.25, -0.2) is 0 Å². The number of hydrogen-bond acceptors (Lipinski definition) is 6. The van der Waals surface area contributed by atoms with E-state index in [1.165, 1.54) is 0 Å². The van der Waals surface area contributed by atoms with Crippen LogP contribution in [0.2, 0.25) is 0 Å². The lowest BCUT2D eigenvalue weighted by molar-refractivity contribution is -0.144. The van der Waals surface area contributed by atoms with Crippen LogP contribution in [0.4, 0.5) is 0 Å². The van der Waals surface area contributed by atoms with Gasteiger partial charge >= 0.3 is 5.97 Å². The molecule has 0 bridgehead atoms. The highest BCUT2D eigenvalue weighted by atomic mass is 16.5. The van der Waals surface area contributed by atoms with E-state index in [9.17, 15) is 4.79 Å². The molecule has 0 atom stereocenters. The van der Waals surface area contributed by atoms with Crippen molar-refractivity contribution in [3.05, 3.63) is 24.4 Å². The number of aromatic nitrogens is 2. The normalized spacial score (nSPS) is 11.7. The quantitative estimate of drug-likeness (QED) is 0.562. The lowest BCUT2D eigenvalue weighted by Gasteiger charge is -2.17. The molecule has 0 saturated carbocycles. The van der Waals surface area contributed by atoms with Crippen LogP contribution >= 0.6 is 0 Å². The number of nitrogens with zero attached hydrogens (tertiary/aromatic N) is 3. The van der Waals surface area contributed by atoms with Crippen LogP contribution in [0.5, 0.6) is 0 Å². The second-order valence-electron chi connectivity index (χ2n) is 5.53. The van der Waals surface area contributed by atoms with Gasteiger partial charge in [-0.05, 0) is 6.92 Å². The Hall–Kier alpha value is -1.69. The summed E-state index contributed by atoms with van der Waals surface area (Å²) in [5.74, 6) is 0.872. The zero-order valence-electron chi connectivity index (χ0n) is 12.7. The topological polar surface area (TPSA) is 68.5 Å². The number of carbonyl (C=O) groups excluding carboxylic acids is 1. The van der Waals surface area contributed by atoms with Crippen molar-refractivity contribution < 1.29 is 14.1 Å². The molecule has 6 nitrogen and oxygen atoms in total. The molecule has 1 rings (SSSR count). The molecule has 0 aliphatic rings. The minimum Gasteiger partial charge on any atom is -0.465 e. The average Bonchev–Trinajstić information content (AvgIpc) is 2.77. The van der Waals surface area contributed by atoms with E-state index in [1.807, 2.05) is 25.7 Å². The Balaban J connectivity index is 2.68. The van der Waals surface area contributed by atoms with Crippen molar-refractivity contribution in [1.82, 2.24) is 15.0 Å². The molecule has 1 heterocycles. The molecular formula is C14H23N3O3. The van der Waals surface area contributed by atoms with Gasteiger partial charge in [0, 0.05) is 12.0 Å². The molecular weight excluding hydrogens is 258 g/mol. The molecule has 0 aliphatic carbocycles. The molecule has 0 aromatic carbocycles. The standard InChI is InChI=1S/C14H23N3O3/c1-6-8-17(10-12(18)19-7-2)9-11-15-13(20-16-11)14(3,4)5/h6H,1,7-10H2,2-5H3. The van der Waals surface area contributed by atoms with Gasteiger partial charge < -0.3 is 9.26 Å². The third kappa shape index (κ3) is 5.13. The summed E-state index contributed by atoms with van der Waals surface area (Å²) in [6.45, 7) is 13.0. The van der Waals surface area contributed by atoms with E-state index in [0.717, 1.165) is 0 Å². The van der Waals surface area contributed by atoms with E-state index in [-0.39, 0.29) is 17.9 Å². The second kappa shape index (κ2) is 7.19. The molecule has 0 aliphatic heterocycles. The summed E-state index contributed by atoms with van der Waals surface area (Å²) in [7, 11) is 0. The van der Waals surface area contributed by atoms with Gasteiger partial charge in [0.15, 0.2) is 5.82 Å². The highest BCUT2D eigenvalue weighted by Gasteiger charge is 2.22. The van der Waals surface area contributed by atoms with Crippen LogP contribution in [-0.4, -0.2) is 40.7 Å². The first-order chi connectivity index (χ1) is 9.36. The monoisotopic (exact) mass is 281 g/mol. The SMILES string of the molecule is C=CCN(CC(=O)OCC)Cc1noc(C(C)(C)C)n1. The van der Waals surface area contributed by atoms with Gasteiger partial charge in [0.05, 0.1) is 19.7 Å². The molecule has 20 heavy (non-hydrogen) atoms. The van der Waals surface area contributed by atoms with Crippen LogP contribution in [-0.2, 0) is 21.5 Å². The molecule has 0 radical (unpaired) electrons. The van der Waals surface area contributed by atoms with Crippen molar-refractivity contribution in [2.75, 3.05) is 19.7 Å². The number of rotatable bonds is 7. The van der Waals surface area contributed by atoms with Crippen molar-refractivity contribution in [2.24, 2.45) is 0 Å². The Morgan fingerprint density at radius 3 is 2.70 bits per heavy atom. The summed E-state index contributed by atoms with van der Waals surface area (Å²) in [5.41, 5.74) is -0.185. The first kappa shape index (κ1) is 16.4. The van der Waals surface area contributed by atoms with E-state index in [1.54, 1.807) is 13.0 Å². The van der Waals surface area contributed by atoms with Gasteiger partial charge in [-0.3, -0.25) is 9.69 Å².